The summed E-state index contributed by atoms with van der Waals surface area (Å²) in [5.74, 6) is 0.827. The first-order valence-corrected chi connectivity index (χ1v) is 10.8. The van der Waals surface area contributed by atoms with Crippen molar-refractivity contribution in [1.29, 1.82) is 0 Å². The van der Waals surface area contributed by atoms with Crippen LogP contribution in [-0.2, 0) is 0 Å². The molecule has 0 saturated carbocycles. The van der Waals surface area contributed by atoms with Crippen molar-refractivity contribution in [3.8, 4) is 0 Å². The quantitative estimate of drug-likeness (QED) is 0.665. The molecular weight excluding hydrogens is 384 g/mol. The molecule has 0 bridgehead atoms. The monoisotopic (exact) mass is 410 g/mol. The second-order valence-corrected chi connectivity index (χ2v) is 8.92. The van der Waals surface area contributed by atoms with E-state index in [1.54, 1.807) is 18.3 Å². The van der Waals surface area contributed by atoms with Gasteiger partial charge in [0, 0.05) is 42.3 Å². The number of Topliss-reactive ketones (excluding diaryl/α,β-unsaturated/α-hetero) is 1. The number of aryl methyl sites for hydroxylation is 2. The van der Waals surface area contributed by atoms with E-state index in [0.717, 1.165) is 63.9 Å². The van der Waals surface area contributed by atoms with Crippen LogP contribution in [0.3, 0.4) is 0 Å². The van der Waals surface area contributed by atoms with Gasteiger partial charge in [-0.15, -0.1) is 11.3 Å². The Bertz CT molecular complexity index is 1110. The van der Waals surface area contributed by atoms with Crippen molar-refractivity contribution >= 4 is 33.0 Å². The Morgan fingerprint density at radius 2 is 1.79 bits per heavy atom. The number of anilines is 1. The summed E-state index contributed by atoms with van der Waals surface area (Å²) in [5, 5.41) is 0.724. The fraction of sp³-hybridized carbons (Fsp3) is 0.409. The Kier molecular flexibility index (Phi) is 5.27. The third-order valence-electron chi connectivity index (χ3n) is 5.95. The molecule has 0 radical (unpaired) electrons. The molecule has 3 heterocycles. The predicted octanol–water partition coefficient (Wildman–Crippen LogP) is 3.69. The molecule has 1 fully saturated rings. The number of aromatic amines is 1. The third-order valence-corrected chi connectivity index (χ3v) is 7.06. The minimum Gasteiger partial charge on any atom is -0.369 e. The number of thiophene rings is 1. The van der Waals surface area contributed by atoms with Gasteiger partial charge in [0.15, 0.2) is 5.78 Å². The van der Waals surface area contributed by atoms with E-state index in [1.807, 2.05) is 38.1 Å². The van der Waals surface area contributed by atoms with E-state index in [2.05, 4.69) is 21.7 Å². The summed E-state index contributed by atoms with van der Waals surface area (Å²) in [6.07, 6.45) is 0. The largest absolute Gasteiger partial charge is 0.369 e. The highest BCUT2D eigenvalue weighted by Gasteiger charge is 2.25. The van der Waals surface area contributed by atoms with Gasteiger partial charge in [0.05, 0.1) is 11.4 Å². The number of H-pyrrole nitrogens is 1. The number of carbonyl (C=O) groups excluding carboxylic acids is 1. The molecule has 152 valence electrons. The van der Waals surface area contributed by atoms with Crippen molar-refractivity contribution in [2.75, 3.05) is 31.1 Å². The van der Waals surface area contributed by atoms with E-state index < -0.39 is 0 Å². The third kappa shape index (κ3) is 3.72. The Hall–Kier alpha value is -2.51. The van der Waals surface area contributed by atoms with Gasteiger partial charge in [0.1, 0.15) is 10.7 Å². The normalized spacial score (nSPS) is 16.3. The number of carbonyl (C=O) groups is 1. The first-order chi connectivity index (χ1) is 13.8. The zero-order valence-electron chi connectivity index (χ0n) is 17.3. The SMILES string of the molecule is CC(=O)c1ccc(N2CCN(C(C)c3nc4sc(C)c(C)c4c(=O)[nH]3)CC2)cc1. The zero-order valence-corrected chi connectivity index (χ0v) is 18.1. The van der Waals surface area contributed by atoms with Crippen LogP contribution in [-0.4, -0.2) is 46.8 Å². The zero-order chi connectivity index (χ0) is 20.7. The summed E-state index contributed by atoms with van der Waals surface area (Å²) >= 11 is 1.59. The lowest BCUT2D eigenvalue weighted by atomic mass is 10.1. The van der Waals surface area contributed by atoms with Crippen LogP contribution >= 0.6 is 11.3 Å². The Morgan fingerprint density at radius 3 is 2.41 bits per heavy atom. The van der Waals surface area contributed by atoms with Crippen LogP contribution in [0.4, 0.5) is 5.69 Å². The summed E-state index contributed by atoms with van der Waals surface area (Å²) in [5.41, 5.74) is 2.87. The van der Waals surface area contributed by atoms with Crippen LogP contribution in [0.15, 0.2) is 29.1 Å². The van der Waals surface area contributed by atoms with E-state index in [4.69, 9.17) is 4.98 Å². The predicted molar refractivity (Wildman–Crippen MR) is 118 cm³/mol. The first-order valence-electron chi connectivity index (χ1n) is 9.95. The van der Waals surface area contributed by atoms with Crippen LogP contribution in [0, 0.1) is 13.8 Å². The molecular formula is C22H26N4O2S. The van der Waals surface area contributed by atoms with Crippen LogP contribution in [0.1, 0.15) is 46.5 Å². The maximum atomic E-state index is 12.6. The summed E-state index contributed by atoms with van der Waals surface area (Å²) < 4.78 is 0. The van der Waals surface area contributed by atoms with Gasteiger partial charge >= 0.3 is 0 Å². The lowest BCUT2D eigenvalue weighted by Crippen LogP contribution is -2.47. The average molecular weight is 411 g/mol. The number of ketones is 1. The number of fused-ring (bicyclic) bond motifs is 1. The molecule has 1 aliphatic heterocycles. The molecule has 0 aliphatic carbocycles. The average Bonchev–Trinajstić information content (AvgIpc) is 3.01. The van der Waals surface area contributed by atoms with E-state index in [0.29, 0.717) is 0 Å². The number of piperazine rings is 1. The summed E-state index contributed by atoms with van der Waals surface area (Å²) in [4.78, 5) is 38.5. The molecule has 29 heavy (non-hydrogen) atoms. The van der Waals surface area contributed by atoms with Crippen molar-refractivity contribution in [3.63, 3.8) is 0 Å². The lowest BCUT2D eigenvalue weighted by molar-refractivity contribution is 0.101. The first kappa shape index (κ1) is 19.8. The van der Waals surface area contributed by atoms with Crippen molar-refractivity contribution < 1.29 is 4.79 Å². The van der Waals surface area contributed by atoms with Crippen LogP contribution < -0.4 is 10.5 Å². The van der Waals surface area contributed by atoms with E-state index >= 15 is 0 Å². The van der Waals surface area contributed by atoms with Gasteiger partial charge in [0.2, 0.25) is 0 Å². The van der Waals surface area contributed by atoms with E-state index in [9.17, 15) is 9.59 Å². The van der Waals surface area contributed by atoms with Crippen LogP contribution in [0.5, 0.6) is 0 Å². The molecule has 1 aromatic carbocycles. The van der Waals surface area contributed by atoms with Crippen molar-refractivity contribution in [1.82, 2.24) is 14.9 Å². The van der Waals surface area contributed by atoms with Crippen molar-refractivity contribution in [2.45, 2.75) is 33.7 Å². The number of benzene rings is 1. The summed E-state index contributed by atoms with van der Waals surface area (Å²) in [7, 11) is 0. The Morgan fingerprint density at radius 1 is 1.14 bits per heavy atom. The molecule has 4 rings (SSSR count). The Labute approximate surface area is 174 Å². The minimum atomic E-state index is -0.0390. The molecule has 1 atom stereocenters. The van der Waals surface area contributed by atoms with E-state index in [-0.39, 0.29) is 17.4 Å². The molecule has 0 amide bonds. The maximum Gasteiger partial charge on any atom is 0.259 e. The van der Waals surface area contributed by atoms with Gasteiger partial charge in [-0.25, -0.2) is 4.98 Å². The number of nitrogens with one attached hydrogen (secondary N) is 1. The standard InChI is InChI=1S/C22H26N4O2S/c1-13-16(4)29-22-19(13)21(28)23-20(24-22)14(2)25-9-11-26(12-10-25)18-7-5-17(6-8-18)15(3)27/h5-8,14H,9-12H2,1-4H3,(H,23,24,28). The molecule has 7 heteroatoms. The maximum absolute atomic E-state index is 12.6. The van der Waals surface area contributed by atoms with Crippen LogP contribution in [0.2, 0.25) is 0 Å². The number of rotatable bonds is 4. The van der Waals surface area contributed by atoms with Gasteiger partial charge in [0.25, 0.3) is 5.56 Å². The molecule has 1 unspecified atom stereocenters. The molecule has 1 aliphatic rings. The van der Waals surface area contributed by atoms with Gasteiger partial charge in [-0.05, 0) is 57.5 Å². The highest BCUT2D eigenvalue weighted by atomic mass is 32.1. The van der Waals surface area contributed by atoms with Gasteiger partial charge in [-0.3, -0.25) is 14.5 Å². The number of hydrogen-bond donors (Lipinski definition) is 1. The number of aromatic nitrogens is 2. The highest BCUT2D eigenvalue weighted by Crippen LogP contribution is 2.28. The minimum absolute atomic E-state index is 0.0390. The smallest absolute Gasteiger partial charge is 0.259 e. The van der Waals surface area contributed by atoms with Crippen molar-refractivity contribution in [2.24, 2.45) is 0 Å². The molecule has 2 aromatic heterocycles. The van der Waals surface area contributed by atoms with Crippen molar-refractivity contribution in [3.05, 3.63) is 56.4 Å². The number of nitrogens with zero attached hydrogens (tertiary/aromatic N) is 3. The fourth-order valence-electron chi connectivity index (χ4n) is 3.92. The second-order valence-electron chi connectivity index (χ2n) is 7.72. The number of hydrogen-bond acceptors (Lipinski definition) is 6. The Balaban J connectivity index is 1.47. The van der Waals surface area contributed by atoms with Crippen LogP contribution in [0.25, 0.3) is 10.2 Å². The molecule has 3 aromatic rings. The van der Waals surface area contributed by atoms with Gasteiger partial charge < -0.3 is 9.88 Å². The van der Waals surface area contributed by atoms with E-state index in [1.165, 1.54) is 0 Å². The molecule has 6 nitrogen and oxygen atoms in total. The topological polar surface area (TPSA) is 69.3 Å². The molecule has 1 saturated heterocycles. The summed E-state index contributed by atoms with van der Waals surface area (Å²) in [6, 6.07) is 7.87. The highest BCUT2D eigenvalue weighted by molar-refractivity contribution is 7.18. The van der Waals surface area contributed by atoms with Gasteiger partial charge in [-0.2, -0.15) is 0 Å². The fourth-order valence-corrected chi connectivity index (χ4v) is 4.95. The molecule has 1 N–H and O–H groups in total. The van der Waals surface area contributed by atoms with Gasteiger partial charge in [-0.1, -0.05) is 0 Å². The lowest BCUT2D eigenvalue weighted by Gasteiger charge is -2.38. The molecule has 0 spiro atoms. The second kappa shape index (κ2) is 7.72. The summed E-state index contributed by atoms with van der Waals surface area (Å²) in [6.45, 7) is 11.3.